The molecule has 0 saturated carbocycles. The Morgan fingerprint density at radius 2 is 1.71 bits per heavy atom. The number of aliphatic hydroxyl groups is 1. The first-order chi connectivity index (χ1) is 10.1. The first-order valence-corrected chi connectivity index (χ1v) is 6.91. The summed E-state index contributed by atoms with van der Waals surface area (Å²) in [5.41, 5.74) is 2.44. The molecule has 0 amide bonds. The maximum Gasteiger partial charge on any atom is 0.123 e. The van der Waals surface area contributed by atoms with E-state index in [9.17, 15) is 9.50 Å². The highest BCUT2D eigenvalue weighted by molar-refractivity contribution is 5.70. The van der Waals surface area contributed by atoms with Gasteiger partial charge in [0, 0.05) is 6.54 Å². The van der Waals surface area contributed by atoms with Crippen LogP contribution >= 0.6 is 0 Å². The van der Waals surface area contributed by atoms with Crippen molar-refractivity contribution in [2.24, 2.45) is 0 Å². The number of halogens is 1. The third-order valence-corrected chi connectivity index (χ3v) is 3.26. The van der Waals surface area contributed by atoms with Gasteiger partial charge in [-0.25, -0.2) is 4.39 Å². The Balaban J connectivity index is 2.36. The lowest BCUT2D eigenvalue weighted by atomic mass is 9.95. The molecule has 0 saturated heterocycles. The average molecular weight is 285 g/mol. The molecule has 1 unspecified atom stereocenters. The van der Waals surface area contributed by atoms with Crippen LogP contribution in [0.1, 0.15) is 17.2 Å². The van der Waals surface area contributed by atoms with E-state index in [-0.39, 0.29) is 5.82 Å². The number of nitrogens with zero attached hydrogens (tertiary/aromatic N) is 1. The molecular formula is C18H20FNO. The summed E-state index contributed by atoms with van der Waals surface area (Å²) in [6.07, 6.45) is 1.25. The lowest BCUT2D eigenvalue weighted by molar-refractivity contribution is 0.237. The summed E-state index contributed by atoms with van der Waals surface area (Å²) in [4.78, 5) is 2.02. The molecule has 0 aliphatic heterocycles. The van der Waals surface area contributed by atoms with E-state index in [1.807, 2.05) is 55.4 Å². The second-order valence-corrected chi connectivity index (χ2v) is 5.24. The molecule has 0 spiro atoms. The molecule has 3 heteroatoms. The Bertz CT molecular complexity index is 590. The van der Waals surface area contributed by atoms with Crippen molar-refractivity contribution in [1.29, 1.82) is 0 Å². The smallest absolute Gasteiger partial charge is 0.123 e. The van der Waals surface area contributed by atoms with E-state index in [1.165, 1.54) is 12.1 Å². The summed E-state index contributed by atoms with van der Waals surface area (Å²) < 4.78 is 13.1. The molecule has 21 heavy (non-hydrogen) atoms. The van der Waals surface area contributed by atoms with Crippen molar-refractivity contribution in [3.63, 3.8) is 0 Å². The molecule has 2 aromatic rings. The zero-order valence-electron chi connectivity index (χ0n) is 12.3. The van der Waals surface area contributed by atoms with Crippen molar-refractivity contribution in [2.75, 3.05) is 20.6 Å². The van der Waals surface area contributed by atoms with Gasteiger partial charge in [0.05, 0.1) is 0 Å². The number of rotatable bonds is 5. The molecule has 0 radical (unpaired) electrons. The second-order valence-electron chi connectivity index (χ2n) is 5.24. The Morgan fingerprint density at radius 1 is 1.10 bits per heavy atom. The van der Waals surface area contributed by atoms with Gasteiger partial charge in [-0.2, -0.15) is 0 Å². The van der Waals surface area contributed by atoms with Gasteiger partial charge in [0.15, 0.2) is 0 Å². The molecule has 0 bridgehead atoms. The predicted molar refractivity (Wildman–Crippen MR) is 84.3 cm³/mol. The summed E-state index contributed by atoms with van der Waals surface area (Å²) >= 11 is 0. The van der Waals surface area contributed by atoms with E-state index in [4.69, 9.17) is 0 Å². The summed E-state index contributed by atoms with van der Waals surface area (Å²) in [6.45, 7) is 0.705. The zero-order valence-corrected chi connectivity index (χ0v) is 12.3. The normalized spacial score (nSPS) is 13.5. The van der Waals surface area contributed by atoms with Gasteiger partial charge in [0.2, 0.25) is 0 Å². The van der Waals surface area contributed by atoms with Crippen LogP contribution in [0.4, 0.5) is 4.39 Å². The highest BCUT2D eigenvalue weighted by atomic mass is 19.1. The van der Waals surface area contributed by atoms with Crippen LogP contribution in [-0.4, -0.2) is 30.6 Å². The molecule has 2 rings (SSSR count). The van der Waals surface area contributed by atoms with E-state index >= 15 is 0 Å². The van der Waals surface area contributed by atoms with Crippen LogP contribution in [0, 0.1) is 5.82 Å². The molecule has 0 aromatic heterocycles. The third-order valence-electron chi connectivity index (χ3n) is 3.26. The van der Waals surface area contributed by atoms with Crippen LogP contribution in [0.25, 0.3) is 5.57 Å². The molecular weight excluding hydrogens is 265 g/mol. The summed E-state index contributed by atoms with van der Waals surface area (Å²) in [7, 11) is 3.93. The number of likely N-dealkylation sites (N-methyl/N-ethyl adjacent to an activating group) is 1. The minimum atomic E-state index is -0.725. The highest BCUT2D eigenvalue weighted by Crippen LogP contribution is 2.29. The monoisotopic (exact) mass is 285 g/mol. The topological polar surface area (TPSA) is 23.5 Å². The lowest BCUT2D eigenvalue weighted by Gasteiger charge is -2.17. The quantitative estimate of drug-likeness (QED) is 0.909. The fraction of sp³-hybridized carbons (Fsp3) is 0.222. The molecule has 0 fully saturated rings. The Hall–Kier alpha value is -1.97. The molecule has 0 aliphatic rings. The molecule has 2 nitrogen and oxygen atoms in total. The summed E-state index contributed by atoms with van der Waals surface area (Å²) in [6, 6.07) is 15.7. The van der Waals surface area contributed by atoms with E-state index in [0.717, 1.165) is 16.7 Å². The zero-order chi connectivity index (χ0) is 15.2. The Kier molecular flexibility index (Phi) is 5.26. The van der Waals surface area contributed by atoms with E-state index < -0.39 is 6.10 Å². The standard InChI is InChI=1S/C18H20FNO/c1-20(2)13-12-17(14-8-10-16(19)11-9-14)18(21)15-6-4-3-5-7-15/h3-12,18,21H,13H2,1-2H3/b17-12+. The van der Waals surface area contributed by atoms with Crippen LogP contribution in [-0.2, 0) is 0 Å². The fourth-order valence-electron chi connectivity index (χ4n) is 2.13. The Labute approximate surface area is 125 Å². The largest absolute Gasteiger partial charge is 0.384 e. The van der Waals surface area contributed by atoms with Crippen molar-refractivity contribution >= 4 is 5.57 Å². The first-order valence-electron chi connectivity index (χ1n) is 6.91. The van der Waals surface area contributed by atoms with Crippen LogP contribution in [0.2, 0.25) is 0 Å². The van der Waals surface area contributed by atoms with Crippen LogP contribution < -0.4 is 0 Å². The predicted octanol–water partition coefficient (Wildman–Crippen LogP) is 3.50. The van der Waals surface area contributed by atoms with Crippen LogP contribution in [0.5, 0.6) is 0 Å². The van der Waals surface area contributed by atoms with Crippen molar-refractivity contribution in [3.8, 4) is 0 Å². The van der Waals surface area contributed by atoms with Gasteiger partial charge in [-0.15, -0.1) is 0 Å². The molecule has 2 aromatic carbocycles. The minimum Gasteiger partial charge on any atom is -0.384 e. The lowest BCUT2D eigenvalue weighted by Crippen LogP contribution is -2.12. The third kappa shape index (κ3) is 4.25. The number of hydrogen-bond acceptors (Lipinski definition) is 2. The maximum absolute atomic E-state index is 13.1. The SMILES string of the molecule is CN(C)C/C=C(\c1ccc(F)cc1)C(O)c1ccccc1. The molecule has 1 atom stereocenters. The van der Waals surface area contributed by atoms with Crippen molar-refractivity contribution < 1.29 is 9.50 Å². The van der Waals surface area contributed by atoms with Gasteiger partial charge in [-0.05, 0) is 42.9 Å². The Morgan fingerprint density at radius 3 is 2.29 bits per heavy atom. The van der Waals surface area contributed by atoms with Crippen molar-refractivity contribution in [3.05, 3.63) is 77.6 Å². The van der Waals surface area contributed by atoms with E-state index in [2.05, 4.69) is 0 Å². The number of hydrogen-bond donors (Lipinski definition) is 1. The van der Waals surface area contributed by atoms with Gasteiger partial charge >= 0.3 is 0 Å². The molecule has 110 valence electrons. The highest BCUT2D eigenvalue weighted by Gasteiger charge is 2.15. The summed E-state index contributed by atoms with van der Waals surface area (Å²) in [5, 5.41) is 10.6. The number of benzene rings is 2. The summed E-state index contributed by atoms with van der Waals surface area (Å²) in [5.74, 6) is -0.278. The fourth-order valence-corrected chi connectivity index (χ4v) is 2.13. The maximum atomic E-state index is 13.1. The van der Waals surface area contributed by atoms with Gasteiger partial charge in [0.25, 0.3) is 0 Å². The van der Waals surface area contributed by atoms with E-state index in [1.54, 1.807) is 12.1 Å². The molecule has 0 heterocycles. The van der Waals surface area contributed by atoms with Gasteiger partial charge in [0.1, 0.15) is 11.9 Å². The second kappa shape index (κ2) is 7.16. The van der Waals surface area contributed by atoms with Crippen LogP contribution in [0.3, 0.4) is 0 Å². The molecule has 1 N–H and O–H groups in total. The van der Waals surface area contributed by atoms with Crippen LogP contribution in [0.15, 0.2) is 60.7 Å². The average Bonchev–Trinajstić information content (AvgIpc) is 2.49. The van der Waals surface area contributed by atoms with Gasteiger partial charge < -0.3 is 10.0 Å². The van der Waals surface area contributed by atoms with Crippen molar-refractivity contribution in [1.82, 2.24) is 4.90 Å². The minimum absolute atomic E-state index is 0.278. The van der Waals surface area contributed by atoms with Crippen molar-refractivity contribution in [2.45, 2.75) is 6.10 Å². The molecule has 0 aliphatic carbocycles. The van der Waals surface area contributed by atoms with Gasteiger partial charge in [-0.1, -0.05) is 48.5 Å². The van der Waals surface area contributed by atoms with E-state index in [0.29, 0.717) is 6.54 Å². The first kappa shape index (κ1) is 15.4. The van der Waals surface area contributed by atoms with Gasteiger partial charge in [-0.3, -0.25) is 0 Å². The number of aliphatic hydroxyl groups excluding tert-OH is 1.